The molecule has 1 aromatic carbocycles. The largest absolute Gasteiger partial charge is 0.495 e. The number of hydrogen-bond donors (Lipinski definition) is 2. The lowest BCUT2D eigenvalue weighted by atomic mass is 10.1. The van der Waals surface area contributed by atoms with E-state index in [0.717, 1.165) is 5.70 Å². The highest BCUT2D eigenvalue weighted by atomic mass is 32.2. The predicted octanol–water partition coefficient (Wildman–Crippen LogP) is 2.35. The Hall–Kier alpha value is -2.48. The van der Waals surface area contributed by atoms with Gasteiger partial charge in [0.25, 0.3) is 5.91 Å². The summed E-state index contributed by atoms with van der Waals surface area (Å²) in [4.78, 5) is 16.9. The molecule has 8 heteroatoms. The van der Waals surface area contributed by atoms with Crippen LogP contribution in [-0.4, -0.2) is 34.0 Å². The molecule has 2 heterocycles. The van der Waals surface area contributed by atoms with Crippen molar-refractivity contribution in [3.05, 3.63) is 35.5 Å². The van der Waals surface area contributed by atoms with Crippen molar-refractivity contribution >= 4 is 29.3 Å². The third kappa shape index (κ3) is 3.02. The molecule has 0 radical (unpaired) electrons. The molecule has 0 aliphatic carbocycles. The van der Waals surface area contributed by atoms with Gasteiger partial charge in [0.15, 0.2) is 0 Å². The van der Waals surface area contributed by atoms with Crippen LogP contribution in [0.25, 0.3) is 0 Å². The van der Waals surface area contributed by atoms with Gasteiger partial charge >= 0.3 is 0 Å². The third-order valence-corrected chi connectivity index (χ3v) is 4.06. The number of allylic oxidation sites excluding steroid dienone is 1. The molecular weight excluding hydrogens is 314 g/mol. The molecule has 1 aliphatic rings. The van der Waals surface area contributed by atoms with E-state index >= 15 is 0 Å². The average molecular weight is 331 g/mol. The summed E-state index contributed by atoms with van der Waals surface area (Å²) in [7, 11) is 1.57. The fourth-order valence-electron chi connectivity index (χ4n) is 2.31. The SMILES string of the molecule is COc1ccccc1NC(=O)C1=C(C)Nc2nc(SC)nn2C1. The molecular formula is C15H17N5O2S. The first-order chi connectivity index (χ1) is 11.1. The van der Waals surface area contributed by atoms with Gasteiger partial charge in [0.05, 0.1) is 24.9 Å². The smallest absolute Gasteiger partial charge is 0.255 e. The van der Waals surface area contributed by atoms with Gasteiger partial charge in [0.2, 0.25) is 11.1 Å². The summed E-state index contributed by atoms with van der Waals surface area (Å²) >= 11 is 1.46. The molecule has 1 amide bonds. The van der Waals surface area contributed by atoms with Crippen molar-refractivity contribution < 1.29 is 9.53 Å². The van der Waals surface area contributed by atoms with Crippen LogP contribution in [-0.2, 0) is 11.3 Å². The molecule has 2 aromatic rings. The molecule has 1 aliphatic heterocycles. The maximum absolute atomic E-state index is 12.6. The van der Waals surface area contributed by atoms with Gasteiger partial charge in [-0.3, -0.25) is 4.79 Å². The second kappa shape index (κ2) is 6.33. The van der Waals surface area contributed by atoms with Crippen molar-refractivity contribution in [2.24, 2.45) is 0 Å². The molecule has 0 bridgehead atoms. The van der Waals surface area contributed by atoms with Crippen LogP contribution < -0.4 is 15.4 Å². The summed E-state index contributed by atoms with van der Waals surface area (Å²) in [5, 5.41) is 11.0. The Morgan fingerprint density at radius 2 is 2.22 bits per heavy atom. The van der Waals surface area contributed by atoms with Crippen molar-refractivity contribution in [1.82, 2.24) is 14.8 Å². The van der Waals surface area contributed by atoms with E-state index in [2.05, 4.69) is 20.7 Å². The minimum absolute atomic E-state index is 0.189. The molecule has 7 nitrogen and oxygen atoms in total. The standard InChI is InChI=1S/C15H17N5O2S/c1-9-10(8-20-14(16-9)18-15(19-20)23-3)13(21)17-11-6-4-5-7-12(11)22-2/h4-7H,8H2,1-3H3,(H,17,21)(H,16,18,19). The summed E-state index contributed by atoms with van der Waals surface area (Å²) < 4.78 is 6.95. The summed E-state index contributed by atoms with van der Waals surface area (Å²) in [5.74, 6) is 1.08. The van der Waals surface area contributed by atoms with Crippen LogP contribution >= 0.6 is 11.8 Å². The first-order valence-electron chi connectivity index (χ1n) is 7.02. The number of nitrogens with zero attached hydrogens (tertiary/aromatic N) is 3. The Balaban J connectivity index is 1.82. The molecule has 0 spiro atoms. The van der Waals surface area contributed by atoms with Crippen molar-refractivity contribution in [3.63, 3.8) is 0 Å². The van der Waals surface area contributed by atoms with Crippen molar-refractivity contribution in [3.8, 4) is 5.75 Å². The topological polar surface area (TPSA) is 81.1 Å². The normalized spacial score (nSPS) is 13.3. The minimum Gasteiger partial charge on any atom is -0.495 e. The number of benzene rings is 1. The Bertz CT molecular complexity index is 784. The van der Waals surface area contributed by atoms with Gasteiger partial charge in [0, 0.05) is 5.70 Å². The summed E-state index contributed by atoms with van der Waals surface area (Å²) in [6, 6.07) is 7.30. The molecule has 0 saturated heterocycles. The summed E-state index contributed by atoms with van der Waals surface area (Å²) in [6.45, 7) is 2.23. The molecule has 0 atom stereocenters. The van der Waals surface area contributed by atoms with Crippen LogP contribution in [0.15, 0.2) is 40.7 Å². The molecule has 2 N–H and O–H groups in total. The van der Waals surface area contributed by atoms with Crippen LogP contribution in [0.3, 0.4) is 0 Å². The van der Waals surface area contributed by atoms with E-state index in [-0.39, 0.29) is 5.91 Å². The van der Waals surface area contributed by atoms with Gasteiger partial charge in [-0.25, -0.2) is 4.68 Å². The number of carbonyl (C=O) groups is 1. The number of rotatable bonds is 4. The van der Waals surface area contributed by atoms with E-state index in [1.807, 2.05) is 25.3 Å². The number of methoxy groups -OCH3 is 1. The highest BCUT2D eigenvalue weighted by Gasteiger charge is 2.23. The lowest BCUT2D eigenvalue weighted by Gasteiger charge is -2.20. The number of anilines is 2. The highest BCUT2D eigenvalue weighted by molar-refractivity contribution is 7.98. The van der Waals surface area contributed by atoms with Crippen molar-refractivity contribution in [2.75, 3.05) is 24.0 Å². The number of ether oxygens (including phenoxy) is 1. The van der Waals surface area contributed by atoms with Crippen molar-refractivity contribution in [1.29, 1.82) is 0 Å². The van der Waals surface area contributed by atoms with Crippen LogP contribution in [0, 0.1) is 0 Å². The molecule has 0 saturated carbocycles. The number of hydrogen-bond acceptors (Lipinski definition) is 6. The predicted molar refractivity (Wildman–Crippen MR) is 89.7 cm³/mol. The quantitative estimate of drug-likeness (QED) is 0.837. The number of nitrogens with one attached hydrogen (secondary N) is 2. The Kier molecular flexibility index (Phi) is 4.24. The van der Waals surface area contributed by atoms with Crippen molar-refractivity contribution in [2.45, 2.75) is 18.6 Å². The Labute approximate surface area is 138 Å². The fraction of sp³-hybridized carbons (Fsp3) is 0.267. The second-order valence-corrected chi connectivity index (χ2v) is 5.74. The third-order valence-electron chi connectivity index (χ3n) is 3.52. The molecule has 0 fully saturated rings. The van der Waals surface area contributed by atoms with E-state index in [9.17, 15) is 4.79 Å². The number of para-hydroxylation sites is 2. The number of amides is 1. The maximum Gasteiger partial charge on any atom is 0.255 e. The summed E-state index contributed by atoms with van der Waals surface area (Å²) in [6.07, 6.45) is 1.91. The van der Waals surface area contributed by atoms with E-state index in [0.29, 0.717) is 34.7 Å². The van der Waals surface area contributed by atoms with Gasteiger partial charge in [0.1, 0.15) is 5.75 Å². The van der Waals surface area contributed by atoms with E-state index in [1.54, 1.807) is 23.9 Å². The highest BCUT2D eigenvalue weighted by Crippen LogP contribution is 2.26. The van der Waals surface area contributed by atoms with Crippen LogP contribution in [0.5, 0.6) is 5.75 Å². The lowest BCUT2D eigenvalue weighted by Crippen LogP contribution is -2.26. The zero-order valence-electron chi connectivity index (χ0n) is 13.1. The first-order valence-corrected chi connectivity index (χ1v) is 8.25. The molecule has 3 rings (SSSR count). The second-order valence-electron chi connectivity index (χ2n) is 4.96. The number of aromatic nitrogens is 3. The van der Waals surface area contributed by atoms with Gasteiger partial charge in [-0.1, -0.05) is 23.9 Å². The van der Waals surface area contributed by atoms with E-state index in [1.165, 1.54) is 11.8 Å². The molecule has 1 aromatic heterocycles. The van der Waals surface area contributed by atoms with Crippen LogP contribution in [0.1, 0.15) is 6.92 Å². The lowest BCUT2D eigenvalue weighted by molar-refractivity contribution is -0.113. The average Bonchev–Trinajstić information content (AvgIpc) is 2.96. The number of fused-ring (bicyclic) bond motifs is 1. The first kappa shape index (κ1) is 15.4. The zero-order valence-corrected chi connectivity index (χ0v) is 13.9. The maximum atomic E-state index is 12.6. The summed E-state index contributed by atoms with van der Waals surface area (Å²) in [5.41, 5.74) is 2.01. The Morgan fingerprint density at radius 1 is 1.43 bits per heavy atom. The van der Waals surface area contributed by atoms with Gasteiger partial charge in [-0.2, -0.15) is 4.98 Å². The van der Waals surface area contributed by atoms with Crippen LogP contribution in [0.2, 0.25) is 0 Å². The Morgan fingerprint density at radius 3 is 2.96 bits per heavy atom. The monoisotopic (exact) mass is 331 g/mol. The van der Waals surface area contributed by atoms with Gasteiger partial charge in [-0.05, 0) is 25.3 Å². The van der Waals surface area contributed by atoms with Crippen LogP contribution in [0.4, 0.5) is 11.6 Å². The van der Waals surface area contributed by atoms with E-state index < -0.39 is 0 Å². The molecule has 120 valence electrons. The van der Waals surface area contributed by atoms with Gasteiger partial charge < -0.3 is 15.4 Å². The van der Waals surface area contributed by atoms with Gasteiger partial charge in [-0.15, -0.1) is 5.10 Å². The molecule has 23 heavy (non-hydrogen) atoms. The zero-order chi connectivity index (χ0) is 16.4. The number of carbonyl (C=O) groups excluding carboxylic acids is 1. The minimum atomic E-state index is -0.189. The van der Waals surface area contributed by atoms with E-state index in [4.69, 9.17) is 4.74 Å². The fourth-order valence-corrected chi connectivity index (χ4v) is 2.67. The molecule has 0 unspecified atom stereocenters. The number of thioether (sulfide) groups is 1.